The van der Waals surface area contributed by atoms with E-state index in [4.69, 9.17) is 5.73 Å². The molecule has 0 spiro atoms. The number of nitrogens with two attached hydrogens (primary N) is 1. The van der Waals surface area contributed by atoms with Crippen LogP contribution in [0.25, 0.3) is 0 Å². The van der Waals surface area contributed by atoms with Gasteiger partial charge in [0.1, 0.15) is 0 Å². The maximum Gasteiger partial charge on any atom is 0.183 e. The smallest absolute Gasteiger partial charge is 0.183 e. The monoisotopic (exact) mass is 233 g/mol. The number of hydrogen-bond donors (Lipinski definition) is 1. The Labute approximate surface area is 89.6 Å². The molecule has 3 nitrogen and oxygen atoms in total. The number of benzene rings is 1. The van der Waals surface area contributed by atoms with Gasteiger partial charge in [-0.2, -0.15) is 0 Å². The fourth-order valence-corrected chi connectivity index (χ4v) is 3.49. The molecule has 1 aromatic carbocycles. The molecule has 1 atom stereocenters. The fraction of sp³-hybridized carbons (Fsp3) is 0.333. The molecule has 0 saturated carbocycles. The van der Waals surface area contributed by atoms with Gasteiger partial charge in [0.25, 0.3) is 0 Å². The van der Waals surface area contributed by atoms with E-state index >= 15 is 0 Å². The summed E-state index contributed by atoms with van der Waals surface area (Å²) in [7, 11) is -3.12. The molecule has 1 heterocycles. The second-order valence-electron chi connectivity index (χ2n) is 3.21. The van der Waals surface area contributed by atoms with Crippen LogP contribution >= 0.6 is 12.4 Å². The highest BCUT2D eigenvalue weighted by Crippen LogP contribution is 2.29. The van der Waals surface area contributed by atoms with E-state index < -0.39 is 15.1 Å². The summed E-state index contributed by atoms with van der Waals surface area (Å²) in [5.74, 6) is 0. The molecule has 0 aliphatic carbocycles. The molecule has 1 unspecified atom stereocenters. The number of hydrogen-bond acceptors (Lipinski definition) is 3. The first-order valence-corrected chi connectivity index (χ1v) is 5.73. The average molecular weight is 234 g/mol. The van der Waals surface area contributed by atoms with Crippen molar-refractivity contribution in [2.24, 2.45) is 5.73 Å². The summed E-state index contributed by atoms with van der Waals surface area (Å²) in [4.78, 5) is 0.463. The lowest BCUT2D eigenvalue weighted by molar-refractivity contribution is 0.587. The summed E-state index contributed by atoms with van der Waals surface area (Å²) in [5.41, 5.74) is 6.31. The third-order valence-corrected chi connectivity index (χ3v) is 4.68. The molecule has 1 aliphatic rings. The molecule has 0 saturated heterocycles. The van der Waals surface area contributed by atoms with Crippen molar-refractivity contribution in [1.82, 2.24) is 0 Å². The second kappa shape index (κ2) is 3.88. The number of fused-ring (bicyclic) bond motifs is 1. The van der Waals surface area contributed by atoms with E-state index in [1.165, 1.54) is 0 Å². The van der Waals surface area contributed by atoms with Gasteiger partial charge in [-0.05, 0) is 18.1 Å². The van der Waals surface area contributed by atoms with Crippen molar-refractivity contribution in [3.8, 4) is 0 Å². The van der Waals surface area contributed by atoms with Crippen LogP contribution in [-0.2, 0) is 16.3 Å². The molecule has 0 radical (unpaired) electrons. The minimum atomic E-state index is -3.12. The Morgan fingerprint density at radius 2 is 2.00 bits per heavy atom. The molecular formula is C9H12ClNO2S. The van der Waals surface area contributed by atoms with E-state index in [0.717, 1.165) is 5.56 Å². The van der Waals surface area contributed by atoms with Crippen molar-refractivity contribution in [3.05, 3.63) is 29.8 Å². The predicted molar refractivity (Wildman–Crippen MR) is 57.4 cm³/mol. The summed E-state index contributed by atoms with van der Waals surface area (Å²) in [6.45, 7) is 0.205. The molecule has 2 rings (SSSR count). The summed E-state index contributed by atoms with van der Waals surface area (Å²) in [6, 6.07) is 7.10. The zero-order valence-electron chi connectivity index (χ0n) is 7.51. The zero-order valence-corrected chi connectivity index (χ0v) is 9.14. The number of halogens is 1. The van der Waals surface area contributed by atoms with Gasteiger partial charge < -0.3 is 5.73 Å². The molecular weight excluding hydrogens is 222 g/mol. The topological polar surface area (TPSA) is 60.2 Å². The lowest BCUT2D eigenvalue weighted by atomic mass is 10.1. The van der Waals surface area contributed by atoms with Gasteiger partial charge in [-0.3, -0.25) is 0 Å². The Bertz CT molecular complexity index is 430. The van der Waals surface area contributed by atoms with E-state index in [9.17, 15) is 8.42 Å². The molecule has 14 heavy (non-hydrogen) atoms. The lowest BCUT2D eigenvalue weighted by Crippen LogP contribution is -2.26. The van der Waals surface area contributed by atoms with Crippen LogP contribution in [0.5, 0.6) is 0 Å². The standard InChI is InChI=1S/C9H11NO2S.ClH/c10-6-8-5-7-3-1-2-4-9(7)13(8,11)12;/h1-4,8H,5-6,10H2;1H. The van der Waals surface area contributed by atoms with Gasteiger partial charge >= 0.3 is 0 Å². The third-order valence-electron chi connectivity index (χ3n) is 2.43. The van der Waals surface area contributed by atoms with Gasteiger partial charge in [0.2, 0.25) is 0 Å². The second-order valence-corrected chi connectivity index (χ2v) is 5.41. The Morgan fingerprint density at radius 3 is 2.57 bits per heavy atom. The first kappa shape index (κ1) is 11.5. The first-order valence-electron chi connectivity index (χ1n) is 4.18. The van der Waals surface area contributed by atoms with Crippen molar-refractivity contribution >= 4 is 22.2 Å². The Morgan fingerprint density at radius 1 is 1.36 bits per heavy atom. The molecule has 1 aliphatic heterocycles. The highest BCUT2D eigenvalue weighted by Gasteiger charge is 2.35. The van der Waals surface area contributed by atoms with E-state index in [1.54, 1.807) is 12.1 Å². The molecule has 78 valence electrons. The van der Waals surface area contributed by atoms with Gasteiger partial charge in [-0.1, -0.05) is 18.2 Å². The van der Waals surface area contributed by atoms with Gasteiger partial charge in [0, 0.05) is 6.54 Å². The van der Waals surface area contributed by atoms with Gasteiger partial charge in [-0.25, -0.2) is 8.42 Å². The summed E-state index contributed by atoms with van der Waals surface area (Å²) < 4.78 is 23.5. The van der Waals surface area contributed by atoms with Crippen molar-refractivity contribution in [3.63, 3.8) is 0 Å². The summed E-state index contributed by atoms with van der Waals surface area (Å²) >= 11 is 0. The first-order chi connectivity index (χ1) is 6.16. The lowest BCUT2D eigenvalue weighted by Gasteiger charge is -2.03. The van der Waals surface area contributed by atoms with E-state index in [2.05, 4.69) is 0 Å². The normalized spacial score (nSPS) is 22.5. The van der Waals surface area contributed by atoms with Crippen LogP contribution in [0.4, 0.5) is 0 Å². The summed E-state index contributed by atoms with van der Waals surface area (Å²) in [6.07, 6.45) is 0.564. The van der Waals surface area contributed by atoms with E-state index in [-0.39, 0.29) is 19.0 Å². The largest absolute Gasteiger partial charge is 0.329 e. The minimum absolute atomic E-state index is 0. The molecule has 5 heteroatoms. The van der Waals surface area contributed by atoms with E-state index in [1.807, 2.05) is 12.1 Å². The molecule has 0 amide bonds. The average Bonchev–Trinajstić information content (AvgIpc) is 2.39. The highest BCUT2D eigenvalue weighted by atomic mass is 35.5. The molecule has 1 aromatic rings. The van der Waals surface area contributed by atoms with Crippen molar-refractivity contribution in [2.45, 2.75) is 16.6 Å². The zero-order chi connectivity index (χ0) is 9.47. The maximum atomic E-state index is 11.7. The van der Waals surface area contributed by atoms with Crippen LogP contribution in [0.3, 0.4) is 0 Å². The van der Waals surface area contributed by atoms with Crippen molar-refractivity contribution in [2.75, 3.05) is 6.54 Å². The van der Waals surface area contributed by atoms with Crippen molar-refractivity contribution < 1.29 is 8.42 Å². The third kappa shape index (κ3) is 1.54. The van der Waals surface area contributed by atoms with E-state index in [0.29, 0.717) is 11.3 Å². The van der Waals surface area contributed by atoms with Crippen molar-refractivity contribution in [1.29, 1.82) is 0 Å². The molecule has 0 aromatic heterocycles. The van der Waals surface area contributed by atoms with Gasteiger partial charge in [0.15, 0.2) is 9.84 Å². The minimum Gasteiger partial charge on any atom is -0.329 e. The predicted octanol–water partition coefficient (Wildman–Crippen LogP) is 0.766. The number of rotatable bonds is 1. The molecule has 0 bridgehead atoms. The SMILES string of the molecule is Cl.NCC1Cc2ccccc2S1(=O)=O. The fourth-order valence-electron chi connectivity index (χ4n) is 1.69. The molecule has 0 fully saturated rings. The molecule has 2 N–H and O–H groups in total. The Kier molecular flexibility index (Phi) is 3.19. The maximum absolute atomic E-state index is 11.7. The Balaban J connectivity index is 0.000000980. The highest BCUT2D eigenvalue weighted by molar-refractivity contribution is 7.92. The van der Waals surface area contributed by atoms with Crippen LogP contribution in [0.2, 0.25) is 0 Å². The van der Waals surface area contributed by atoms with Crippen LogP contribution in [0, 0.1) is 0 Å². The van der Waals surface area contributed by atoms with Gasteiger partial charge in [-0.15, -0.1) is 12.4 Å². The number of sulfone groups is 1. The van der Waals surface area contributed by atoms with Gasteiger partial charge in [0.05, 0.1) is 10.1 Å². The van der Waals surface area contributed by atoms with Crippen LogP contribution in [0.1, 0.15) is 5.56 Å². The summed E-state index contributed by atoms with van der Waals surface area (Å²) in [5, 5.41) is -0.412. The Hall–Kier alpha value is -0.580. The van der Waals surface area contributed by atoms with Crippen LogP contribution in [-0.4, -0.2) is 20.2 Å². The van der Waals surface area contributed by atoms with Crippen LogP contribution < -0.4 is 5.73 Å². The van der Waals surface area contributed by atoms with Crippen LogP contribution in [0.15, 0.2) is 29.2 Å². The quantitative estimate of drug-likeness (QED) is 0.779.